The van der Waals surface area contributed by atoms with Crippen LogP contribution in [0.5, 0.6) is 5.75 Å². The fourth-order valence-corrected chi connectivity index (χ4v) is 5.45. The van der Waals surface area contributed by atoms with Gasteiger partial charge in [0.25, 0.3) is 0 Å². The number of hydrogen-bond acceptors (Lipinski definition) is 8. The van der Waals surface area contributed by atoms with Gasteiger partial charge in [0.15, 0.2) is 11.6 Å². The standard InChI is InChI=1S/C21H23F3N6O2/c22-15-4-12-1-11(15)7-30(12)21-27-16(10-2-17(32-20(23)24)19(25)26-6-10)5-18(28-21)29-8-14-3-13(29)9-31-14/h2,5-6,11-15,20H,1,3-4,7-9H2,(H2,25,26). The van der Waals surface area contributed by atoms with E-state index in [9.17, 15) is 13.2 Å². The van der Waals surface area contributed by atoms with Gasteiger partial charge in [-0.05, 0) is 25.3 Å². The molecule has 2 aromatic rings. The van der Waals surface area contributed by atoms with Crippen LogP contribution in [-0.4, -0.2) is 65.6 Å². The van der Waals surface area contributed by atoms with E-state index in [-0.39, 0.29) is 35.7 Å². The molecule has 4 bridgehead atoms. The Morgan fingerprint density at radius 2 is 1.97 bits per heavy atom. The lowest BCUT2D eigenvalue weighted by Gasteiger charge is -2.32. The predicted molar refractivity (Wildman–Crippen MR) is 111 cm³/mol. The van der Waals surface area contributed by atoms with Crippen LogP contribution in [0.2, 0.25) is 0 Å². The van der Waals surface area contributed by atoms with Crippen LogP contribution in [0.15, 0.2) is 18.3 Å². The summed E-state index contributed by atoms with van der Waals surface area (Å²) >= 11 is 0. The molecule has 6 rings (SSSR count). The van der Waals surface area contributed by atoms with Crippen molar-refractivity contribution in [2.75, 3.05) is 35.2 Å². The van der Waals surface area contributed by atoms with Gasteiger partial charge < -0.3 is 25.0 Å². The molecule has 0 radical (unpaired) electrons. The lowest BCUT2D eigenvalue weighted by molar-refractivity contribution is -0.0494. The van der Waals surface area contributed by atoms with Crippen LogP contribution in [0, 0.1) is 5.92 Å². The largest absolute Gasteiger partial charge is 0.431 e. The van der Waals surface area contributed by atoms with E-state index >= 15 is 0 Å². The topological polar surface area (TPSA) is 89.6 Å². The number of pyridine rings is 1. The Kier molecular flexibility index (Phi) is 4.56. The van der Waals surface area contributed by atoms with Gasteiger partial charge in [-0.3, -0.25) is 0 Å². The minimum atomic E-state index is -3.01. The normalized spacial score (nSPS) is 30.7. The highest BCUT2D eigenvalue weighted by atomic mass is 19.3. The summed E-state index contributed by atoms with van der Waals surface area (Å²) in [6.07, 6.45) is 3.11. The Morgan fingerprint density at radius 3 is 2.62 bits per heavy atom. The van der Waals surface area contributed by atoms with E-state index in [1.54, 1.807) is 0 Å². The van der Waals surface area contributed by atoms with Crippen molar-refractivity contribution < 1.29 is 22.6 Å². The van der Waals surface area contributed by atoms with Crippen molar-refractivity contribution in [3.63, 3.8) is 0 Å². The number of morpholine rings is 1. The molecule has 5 unspecified atom stereocenters. The zero-order valence-electron chi connectivity index (χ0n) is 17.2. The van der Waals surface area contributed by atoms with Crippen LogP contribution in [0.1, 0.15) is 19.3 Å². The molecular weight excluding hydrogens is 425 g/mol. The molecule has 0 amide bonds. The maximum Gasteiger partial charge on any atom is 0.387 e. The van der Waals surface area contributed by atoms with Gasteiger partial charge in [-0.1, -0.05) is 0 Å². The molecule has 0 spiro atoms. The summed E-state index contributed by atoms with van der Waals surface area (Å²) in [5.41, 5.74) is 6.72. The average molecular weight is 448 g/mol. The minimum Gasteiger partial charge on any atom is -0.431 e. The first-order valence-corrected chi connectivity index (χ1v) is 10.8. The number of ether oxygens (including phenoxy) is 2. The maximum absolute atomic E-state index is 14.1. The number of halogens is 3. The van der Waals surface area contributed by atoms with E-state index < -0.39 is 12.8 Å². The quantitative estimate of drug-likeness (QED) is 0.747. The molecule has 4 fully saturated rings. The van der Waals surface area contributed by atoms with Gasteiger partial charge in [0.1, 0.15) is 12.0 Å². The van der Waals surface area contributed by atoms with Crippen molar-refractivity contribution in [1.29, 1.82) is 0 Å². The number of aromatic nitrogens is 3. The highest BCUT2D eigenvalue weighted by Gasteiger charge is 2.46. The molecular formula is C21H23F3N6O2. The van der Waals surface area contributed by atoms with Crippen LogP contribution < -0.4 is 20.3 Å². The molecule has 1 aliphatic carbocycles. The van der Waals surface area contributed by atoms with Gasteiger partial charge in [0, 0.05) is 42.9 Å². The second-order valence-corrected chi connectivity index (χ2v) is 8.95. The van der Waals surface area contributed by atoms with Gasteiger partial charge in [0.2, 0.25) is 5.95 Å². The van der Waals surface area contributed by atoms with Crippen molar-refractivity contribution in [2.24, 2.45) is 5.92 Å². The van der Waals surface area contributed by atoms with E-state index in [1.165, 1.54) is 12.3 Å². The van der Waals surface area contributed by atoms with Crippen molar-refractivity contribution in [1.82, 2.24) is 15.0 Å². The second kappa shape index (κ2) is 7.36. The van der Waals surface area contributed by atoms with Crippen LogP contribution in [0.3, 0.4) is 0 Å². The Bertz CT molecular complexity index is 1040. The lowest BCUT2D eigenvalue weighted by atomic mass is 10.1. The highest BCUT2D eigenvalue weighted by Crippen LogP contribution is 2.42. The third-order valence-corrected chi connectivity index (χ3v) is 7.00. The third kappa shape index (κ3) is 3.30. The van der Waals surface area contributed by atoms with Crippen molar-refractivity contribution in [2.45, 2.75) is 50.2 Å². The summed E-state index contributed by atoms with van der Waals surface area (Å²) in [6, 6.07) is 3.55. The van der Waals surface area contributed by atoms with Crippen molar-refractivity contribution in [3.05, 3.63) is 18.3 Å². The molecule has 3 saturated heterocycles. The molecule has 8 nitrogen and oxygen atoms in total. The van der Waals surface area contributed by atoms with E-state index in [2.05, 4.69) is 19.5 Å². The first-order chi connectivity index (χ1) is 15.4. The zero-order valence-corrected chi connectivity index (χ0v) is 17.2. The molecule has 2 aromatic heterocycles. The number of piperidine rings is 1. The van der Waals surface area contributed by atoms with E-state index in [1.807, 2.05) is 6.07 Å². The summed E-state index contributed by atoms with van der Waals surface area (Å²) < 4.78 is 49.9. The van der Waals surface area contributed by atoms with Crippen LogP contribution in [0.25, 0.3) is 11.3 Å². The first-order valence-electron chi connectivity index (χ1n) is 10.8. The second-order valence-electron chi connectivity index (χ2n) is 8.95. The lowest BCUT2D eigenvalue weighted by Crippen LogP contribution is -2.39. The molecule has 5 heterocycles. The van der Waals surface area contributed by atoms with Crippen molar-refractivity contribution >= 4 is 17.6 Å². The highest BCUT2D eigenvalue weighted by molar-refractivity contribution is 5.68. The Balaban J connectivity index is 1.40. The summed E-state index contributed by atoms with van der Waals surface area (Å²) in [5, 5.41) is 0. The molecule has 1 saturated carbocycles. The van der Waals surface area contributed by atoms with Crippen LogP contribution >= 0.6 is 0 Å². The molecule has 5 atom stereocenters. The number of nitrogens with zero attached hydrogens (tertiary/aromatic N) is 5. The zero-order chi connectivity index (χ0) is 22.0. The number of rotatable bonds is 5. The van der Waals surface area contributed by atoms with E-state index in [0.717, 1.165) is 25.2 Å². The van der Waals surface area contributed by atoms with Gasteiger partial charge >= 0.3 is 6.61 Å². The number of hydrogen-bond donors (Lipinski definition) is 1. The number of alkyl halides is 3. The van der Waals surface area contributed by atoms with Crippen molar-refractivity contribution in [3.8, 4) is 17.0 Å². The van der Waals surface area contributed by atoms with Gasteiger partial charge in [-0.25, -0.2) is 14.4 Å². The van der Waals surface area contributed by atoms with E-state index in [4.69, 9.17) is 20.4 Å². The maximum atomic E-state index is 14.1. The van der Waals surface area contributed by atoms with Crippen LogP contribution in [0.4, 0.5) is 30.8 Å². The fraction of sp³-hybridized carbons (Fsp3) is 0.571. The van der Waals surface area contributed by atoms with E-state index in [0.29, 0.717) is 36.8 Å². The molecule has 4 aliphatic rings. The number of fused-ring (bicyclic) bond motifs is 4. The number of nitrogen functional groups attached to an aromatic ring is 1. The minimum absolute atomic E-state index is 0.00357. The fourth-order valence-electron chi connectivity index (χ4n) is 5.45. The summed E-state index contributed by atoms with van der Waals surface area (Å²) in [4.78, 5) is 17.8. The molecule has 32 heavy (non-hydrogen) atoms. The molecule has 2 N–H and O–H groups in total. The Hall–Kier alpha value is -2.82. The molecule has 0 aromatic carbocycles. The average Bonchev–Trinajstić information content (AvgIpc) is 3.55. The van der Waals surface area contributed by atoms with Gasteiger partial charge in [-0.2, -0.15) is 13.8 Å². The number of anilines is 3. The summed E-state index contributed by atoms with van der Waals surface area (Å²) in [7, 11) is 0. The first kappa shape index (κ1) is 19.8. The molecule has 3 aliphatic heterocycles. The molecule has 11 heteroatoms. The Labute approximate surface area is 182 Å². The summed E-state index contributed by atoms with van der Waals surface area (Å²) in [5.74, 6) is 0.940. The van der Waals surface area contributed by atoms with Gasteiger partial charge in [-0.15, -0.1) is 0 Å². The summed E-state index contributed by atoms with van der Waals surface area (Å²) in [6.45, 7) is -1.06. The monoisotopic (exact) mass is 448 g/mol. The van der Waals surface area contributed by atoms with Gasteiger partial charge in [0.05, 0.1) is 24.4 Å². The predicted octanol–water partition coefficient (Wildman–Crippen LogP) is 2.64. The Morgan fingerprint density at radius 1 is 1.09 bits per heavy atom. The molecule has 170 valence electrons. The SMILES string of the molecule is Nc1ncc(-c2cc(N3CC4CC3CO4)nc(N3CC4CC3CC4F)n2)cc1OC(F)F. The van der Waals surface area contributed by atoms with Crippen LogP contribution in [-0.2, 0) is 4.74 Å². The smallest absolute Gasteiger partial charge is 0.387 e. The number of nitrogens with two attached hydrogens (primary N) is 1. The third-order valence-electron chi connectivity index (χ3n) is 7.00.